The van der Waals surface area contributed by atoms with Crippen LogP contribution in [0.15, 0.2) is 18.7 Å². The Labute approximate surface area is 109 Å². The maximum atomic E-state index is 11.5. The highest BCUT2D eigenvalue weighted by Gasteiger charge is 2.42. The normalized spacial score (nSPS) is 35.1. The molecule has 1 aromatic heterocycles. The predicted molar refractivity (Wildman–Crippen MR) is 61.3 cm³/mol. The molecule has 0 aromatic carbocycles. The molecular weight excluding hydrogens is 256 g/mol. The number of aliphatic hydroxyl groups is 3. The number of imidazole rings is 1. The van der Waals surface area contributed by atoms with Crippen LogP contribution in [-0.2, 0) is 9.47 Å². The van der Waals surface area contributed by atoms with Gasteiger partial charge >= 0.3 is 6.09 Å². The predicted octanol–water partition coefficient (Wildman–Crippen LogP) is -1.26. The Morgan fingerprint density at radius 3 is 2.74 bits per heavy atom. The van der Waals surface area contributed by atoms with E-state index in [4.69, 9.17) is 9.47 Å². The molecular formula is C11H16N2O6. The minimum Gasteiger partial charge on any atom is -0.446 e. The van der Waals surface area contributed by atoms with Crippen molar-refractivity contribution in [1.29, 1.82) is 0 Å². The van der Waals surface area contributed by atoms with Gasteiger partial charge in [-0.25, -0.2) is 14.3 Å². The molecule has 8 nitrogen and oxygen atoms in total. The summed E-state index contributed by atoms with van der Waals surface area (Å²) in [5, 5.41) is 28.8. The molecule has 0 saturated carbocycles. The van der Waals surface area contributed by atoms with Crippen molar-refractivity contribution >= 4 is 6.09 Å². The second-order valence-corrected chi connectivity index (χ2v) is 4.40. The molecule has 0 amide bonds. The van der Waals surface area contributed by atoms with Crippen LogP contribution in [0, 0.1) is 0 Å². The summed E-state index contributed by atoms with van der Waals surface area (Å²) in [7, 11) is 0. The average molecular weight is 272 g/mol. The van der Waals surface area contributed by atoms with E-state index in [0.29, 0.717) is 0 Å². The number of carbonyl (C=O) groups is 1. The van der Waals surface area contributed by atoms with E-state index >= 15 is 0 Å². The van der Waals surface area contributed by atoms with Gasteiger partial charge in [0.1, 0.15) is 37.4 Å². The van der Waals surface area contributed by atoms with E-state index in [0.717, 1.165) is 4.57 Å². The van der Waals surface area contributed by atoms with Crippen molar-refractivity contribution in [3.05, 3.63) is 18.7 Å². The lowest BCUT2D eigenvalue weighted by molar-refractivity contribution is -0.224. The monoisotopic (exact) mass is 272 g/mol. The Hall–Kier alpha value is -1.48. The Morgan fingerprint density at radius 1 is 1.37 bits per heavy atom. The van der Waals surface area contributed by atoms with E-state index < -0.39 is 36.6 Å². The van der Waals surface area contributed by atoms with Crippen LogP contribution >= 0.6 is 0 Å². The summed E-state index contributed by atoms with van der Waals surface area (Å²) in [4.78, 5) is 15.2. The van der Waals surface area contributed by atoms with Crippen molar-refractivity contribution in [3.8, 4) is 0 Å². The highest BCUT2D eigenvalue weighted by Crippen LogP contribution is 2.21. The fourth-order valence-electron chi connectivity index (χ4n) is 1.87. The maximum absolute atomic E-state index is 11.5. The van der Waals surface area contributed by atoms with Crippen molar-refractivity contribution in [1.82, 2.24) is 9.55 Å². The first kappa shape index (κ1) is 13.9. The van der Waals surface area contributed by atoms with Gasteiger partial charge in [0.05, 0.1) is 6.10 Å². The van der Waals surface area contributed by atoms with Crippen LogP contribution in [0.5, 0.6) is 0 Å². The van der Waals surface area contributed by atoms with Gasteiger partial charge < -0.3 is 24.8 Å². The van der Waals surface area contributed by atoms with Gasteiger partial charge in [-0.1, -0.05) is 0 Å². The molecule has 0 aliphatic carbocycles. The average Bonchev–Trinajstić information content (AvgIpc) is 2.92. The summed E-state index contributed by atoms with van der Waals surface area (Å²) in [5.74, 6) is 0. The van der Waals surface area contributed by atoms with E-state index in [2.05, 4.69) is 4.98 Å². The standard InChI is InChI=1S/C11H16N2O6/c1-6-8(14)10(16)9(15)7(19-6)4-18-11(17)13-3-2-12-5-13/h2-3,5-10,14-16H,4H2,1H3. The number of rotatable bonds is 2. The van der Waals surface area contributed by atoms with Gasteiger partial charge in [-0.15, -0.1) is 0 Å². The fourth-order valence-corrected chi connectivity index (χ4v) is 1.87. The third-order valence-electron chi connectivity index (χ3n) is 3.04. The molecule has 8 heteroatoms. The van der Waals surface area contributed by atoms with Crippen LogP contribution < -0.4 is 0 Å². The van der Waals surface area contributed by atoms with Gasteiger partial charge in [0.2, 0.25) is 0 Å². The number of hydrogen-bond acceptors (Lipinski definition) is 7. The molecule has 0 radical (unpaired) electrons. The number of carbonyl (C=O) groups excluding carboxylic acids is 1. The first-order chi connectivity index (χ1) is 9.00. The summed E-state index contributed by atoms with van der Waals surface area (Å²) in [6, 6.07) is 0. The summed E-state index contributed by atoms with van der Waals surface area (Å²) < 4.78 is 11.4. The van der Waals surface area contributed by atoms with E-state index in [-0.39, 0.29) is 6.61 Å². The quantitative estimate of drug-likeness (QED) is 0.615. The topological polar surface area (TPSA) is 114 Å². The zero-order valence-corrected chi connectivity index (χ0v) is 10.3. The van der Waals surface area contributed by atoms with E-state index in [1.165, 1.54) is 18.7 Å². The van der Waals surface area contributed by atoms with Crippen LogP contribution in [0.4, 0.5) is 4.79 Å². The van der Waals surface area contributed by atoms with Crippen LogP contribution in [-0.4, -0.2) is 68.1 Å². The summed E-state index contributed by atoms with van der Waals surface area (Å²) >= 11 is 0. The number of aliphatic hydroxyl groups excluding tert-OH is 3. The Balaban J connectivity index is 1.90. The van der Waals surface area contributed by atoms with Crippen LogP contribution in [0.25, 0.3) is 0 Å². The highest BCUT2D eigenvalue weighted by molar-refractivity contribution is 5.69. The highest BCUT2D eigenvalue weighted by atomic mass is 16.6. The first-order valence-corrected chi connectivity index (χ1v) is 5.85. The Morgan fingerprint density at radius 2 is 2.11 bits per heavy atom. The molecule has 0 bridgehead atoms. The Kier molecular flexibility index (Phi) is 4.15. The van der Waals surface area contributed by atoms with Gasteiger partial charge in [-0.2, -0.15) is 0 Å². The van der Waals surface area contributed by atoms with Gasteiger partial charge in [0.15, 0.2) is 0 Å². The van der Waals surface area contributed by atoms with E-state index in [1.807, 2.05) is 0 Å². The lowest BCUT2D eigenvalue weighted by Gasteiger charge is -2.38. The van der Waals surface area contributed by atoms with Crippen LogP contribution in [0.1, 0.15) is 6.92 Å². The molecule has 1 aliphatic rings. The smallest absolute Gasteiger partial charge is 0.419 e. The molecule has 19 heavy (non-hydrogen) atoms. The molecule has 0 spiro atoms. The van der Waals surface area contributed by atoms with Gasteiger partial charge in [-0.3, -0.25) is 0 Å². The number of aromatic nitrogens is 2. The van der Waals surface area contributed by atoms with Crippen molar-refractivity contribution in [2.24, 2.45) is 0 Å². The first-order valence-electron chi connectivity index (χ1n) is 5.85. The summed E-state index contributed by atoms with van der Waals surface area (Å²) in [6.45, 7) is 1.33. The lowest BCUT2D eigenvalue weighted by Crippen LogP contribution is -2.57. The molecule has 2 heterocycles. The minimum absolute atomic E-state index is 0.230. The summed E-state index contributed by atoms with van der Waals surface area (Å²) in [5.41, 5.74) is 0. The molecule has 1 aromatic rings. The van der Waals surface area contributed by atoms with Crippen molar-refractivity contribution < 1.29 is 29.6 Å². The molecule has 5 unspecified atom stereocenters. The second kappa shape index (κ2) is 5.66. The molecule has 106 valence electrons. The maximum Gasteiger partial charge on any atom is 0.419 e. The van der Waals surface area contributed by atoms with Crippen molar-refractivity contribution in [2.75, 3.05) is 6.61 Å². The third kappa shape index (κ3) is 2.92. The number of hydrogen-bond donors (Lipinski definition) is 3. The van der Waals surface area contributed by atoms with Gasteiger partial charge in [-0.05, 0) is 6.92 Å². The fraction of sp³-hybridized carbons (Fsp3) is 0.636. The van der Waals surface area contributed by atoms with Crippen molar-refractivity contribution in [2.45, 2.75) is 37.4 Å². The van der Waals surface area contributed by atoms with Gasteiger partial charge in [0, 0.05) is 12.4 Å². The minimum atomic E-state index is -1.33. The number of nitrogens with zero attached hydrogens (tertiary/aromatic N) is 2. The Bertz CT molecular complexity index is 423. The lowest BCUT2D eigenvalue weighted by atomic mass is 9.96. The van der Waals surface area contributed by atoms with Crippen molar-refractivity contribution in [3.63, 3.8) is 0 Å². The third-order valence-corrected chi connectivity index (χ3v) is 3.04. The molecule has 1 aliphatic heterocycles. The molecule has 2 rings (SSSR count). The molecule has 1 saturated heterocycles. The molecule has 5 atom stereocenters. The van der Waals surface area contributed by atoms with Crippen LogP contribution in [0.3, 0.4) is 0 Å². The van der Waals surface area contributed by atoms with E-state index in [9.17, 15) is 20.1 Å². The SMILES string of the molecule is CC1OC(COC(=O)n2ccnc2)C(O)C(O)C1O. The summed E-state index contributed by atoms with van der Waals surface area (Å²) in [6.07, 6.45) is -1.91. The zero-order chi connectivity index (χ0) is 14.0. The van der Waals surface area contributed by atoms with Gasteiger partial charge in [0.25, 0.3) is 0 Å². The zero-order valence-electron chi connectivity index (χ0n) is 10.3. The van der Waals surface area contributed by atoms with Crippen LogP contribution in [0.2, 0.25) is 0 Å². The largest absolute Gasteiger partial charge is 0.446 e. The van der Waals surface area contributed by atoms with E-state index in [1.54, 1.807) is 6.92 Å². The second-order valence-electron chi connectivity index (χ2n) is 4.40. The number of ether oxygens (including phenoxy) is 2. The molecule has 1 fully saturated rings. The molecule has 3 N–H and O–H groups in total.